The van der Waals surface area contributed by atoms with Crippen LogP contribution in [0.3, 0.4) is 0 Å². The topological polar surface area (TPSA) is 30.5 Å². The first-order valence-electron chi connectivity index (χ1n) is 8.22. The molecule has 1 aromatic rings. The summed E-state index contributed by atoms with van der Waals surface area (Å²) in [6, 6.07) is 8.74. The maximum atomic E-state index is 6.18. The van der Waals surface area contributed by atoms with Gasteiger partial charge in [-0.15, -0.1) is 0 Å². The van der Waals surface area contributed by atoms with Crippen LogP contribution in [0.15, 0.2) is 24.3 Å². The quantitative estimate of drug-likeness (QED) is 0.917. The van der Waals surface area contributed by atoms with Gasteiger partial charge in [0.25, 0.3) is 0 Å². The Hall–Kier alpha value is -1.06. The maximum Gasteiger partial charge on any atom is 0.123 e. The normalized spacial score (nSPS) is 25.9. The molecule has 0 aromatic heterocycles. The summed E-state index contributed by atoms with van der Waals surface area (Å²) in [5.41, 5.74) is 1.45. The highest BCUT2D eigenvalue weighted by molar-refractivity contribution is 5.36. The Morgan fingerprint density at radius 1 is 1.29 bits per heavy atom. The van der Waals surface area contributed by atoms with E-state index in [0.717, 1.165) is 18.8 Å². The third-order valence-electron chi connectivity index (χ3n) is 5.30. The SMILES string of the molecule is CNC(c1ccccc1OC)C1CCOC2(CCCC2)C1. The minimum absolute atomic E-state index is 0.167. The summed E-state index contributed by atoms with van der Waals surface area (Å²) < 4.78 is 11.7. The van der Waals surface area contributed by atoms with E-state index in [9.17, 15) is 0 Å². The monoisotopic (exact) mass is 289 g/mol. The molecule has 3 nitrogen and oxygen atoms in total. The second-order valence-corrected chi connectivity index (χ2v) is 6.50. The minimum Gasteiger partial charge on any atom is -0.496 e. The molecule has 1 heterocycles. The molecule has 0 amide bonds. The van der Waals surface area contributed by atoms with Gasteiger partial charge in [-0.25, -0.2) is 0 Å². The summed E-state index contributed by atoms with van der Waals surface area (Å²) in [5.74, 6) is 1.61. The molecule has 1 N–H and O–H groups in total. The first-order valence-corrected chi connectivity index (χ1v) is 8.22. The first kappa shape index (κ1) is 14.9. The van der Waals surface area contributed by atoms with Gasteiger partial charge in [-0.05, 0) is 44.7 Å². The van der Waals surface area contributed by atoms with Gasteiger partial charge in [0.1, 0.15) is 5.75 Å². The number of benzene rings is 1. The van der Waals surface area contributed by atoms with Crippen LogP contribution in [0.25, 0.3) is 0 Å². The average Bonchev–Trinajstić information content (AvgIpc) is 2.96. The Labute approximate surface area is 128 Å². The van der Waals surface area contributed by atoms with Crippen molar-refractivity contribution >= 4 is 0 Å². The molecule has 21 heavy (non-hydrogen) atoms. The maximum absolute atomic E-state index is 6.18. The van der Waals surface area contributed by atoms with Gasteiger partial charge < -0.3 is 14.8 Å². The van der Waals surface area contributed by atoms with Crippen LogP contribution in [-0.4, -0.2) is 26.4 Å². The largest absolute Gasteiger partial charge is 0.496 e. The van der Waals surface area contributed by atoms with Gasteiger partial charge in [-0.3, -0.25) is 0 Å². The number of methoxy groups -OCH3 is 1. The van der Waals surface area contributed by atoms with Crippen molar-refractivity contribution < 1.29 is 9.47 Å². The van der Waals surface area contributed by atoms with Crippen molar-refractivity contribution in [2.45, 2.75) is 50.2 Å². The molecule has 1 aliphatic carbocycles. The zero-order valence-corrected chi connectivity index (χ0v) is 13.2. The van der Waals surface area contributed by atoms with E-state index < -0.39 is 0 Å². The van der Waals surface area contributed by atoms with E-state index >= 15 is 0 Å². The summed E-state index contributed by atoms with van der Waals surface area (Å²) in [6.07, 6.45) is 7.44. The third kappa shape index (κ3) is 2.95. The average molecular weight is 289 g/mol. The lowest BCUT2D eigenvalue weighted by Gasteiger charge is -2.41. The summed E-state index contributed by atoms with van der Waals surface area (Å²) in [4.78, 5) is 0. The molecule has 0 bridgehead atoms. The summed E-state index contributed by atoms with van der Waals surface area (Å²) >= 11 is 0. The van der Waals surface area contributed by atoms with Crippen molar-refractivity contribution in [1.29, 1.82) is 0 Å². The lowest BCUT2D eigenvalue weighted by molar-refractivity contribution is -0.0979. The fraction of sp³-hybridized carbons (Fsp3) is 0.667. The fourth-order valence-electron chi connectivity index (χ4n) is 4.29. The zero-order chi connectivity index (χ0) is 14.7. The summed E-state index contributed by atoms with van der Waals surface area (Å²) in [5, 5.41) is 3.53. The van der Waals surface area contributed by atoms with E-state index in [1.807, 2.05) is 6.07 Å². The van der Waals surface area contributed by atoms with Gasteiger partial charge in [-0.2, -0.15) is 0 Å². The second kappa shape index (κ2) is 6.37. The van der Waals surface area contributed by atoms with Gasteiger partial charge >= 0.3 is 0 Å². The van der Waals surface area contributed by atoms with Crippen molar-refractivity contribution in [3.8, 4) is 5.75 Å². The van der Waals surface area contributed by atoms with Gasteiger partial charge in [0.15, 0.2) is 0 Å². The van der Waals surface area contributed by atoms with Crippen LogP contribution >= 0.6 is 0 Å². The van der Waals surface area contributed by atoms with Gasteiger partial charge in [0.2, 0.25) is 0 Å². The predicted octanol–water partition coefficient (Wildman–Crippen LogP) is 3.70. The molecule has 2 aliphatic rings. The Bertz CT molecular complexity index is 468. The Balaban J connectivity index is 1.82. The molecular weight excluding hydrogens is 262 g/mol. The molecule has 2 fully saturated rings. The number of para-hydroxylation sites is 1. The van der Waals surface area contributed by atoms with E-state index in [1.165, 1.54) is 37.7 Å². The lowest BCUT2D eigenvalue weighted by Crippen LogP contribution is -2.41. The van der Waals surface area contributed by atoms with E-state index in [4.69, 9.17) is 9.47 Å². The van der Waals surface area contributed by atoms with Crippen molar-refractivity contribution in [1.82, 2.24) is 5.32 Å². The highest BCUT2D eigenvalue weighted by Gasteiger charge is 2.42. The number of rotatable bonds is 4. The van der Waals surface area contributed by atoms with Crippen molar-refractivity contribution in [2.75, 3.05) is 20.8 Å². The number of nitrogens with one attached hydrogen (secondary N) is 1. The van der Waals surface area contributed by atoms with E-state index in [-0.39, 0.29) is 5.60 Å². The molecule has 116 valence electrons. The fourth-order valence-corrected chi connectivity index (χ4v) is 4.29. The molecule has 3 rings (SSSR count). The van der Waals surface area contributed by atoms with Crippen LogP contribution in [0.1, 0.15) is 50.1 Å². The smallest absolute Gasteiger partial charge is 0.123 e. The van der Waals surface area contributed by atoms with Gasteiger partial charge in [0.05, 0.1) is 12.7 Å². The van der Waals surface area contributed by atoms with Crippen molar-refractivity contribution in [3.63, 3.8) is 0 Å². The highest BCUT2D eigenvalue weighted by atomic mass is 16.5. The molecule has 3 heteroatoms. The van der Waals surface area contributed by atoms with Crippen molar-refractivity contribution in [2.24, 2.45) is 5.92 Å². The highest BCUT2D eigenvalue weighted by Crippen LogP contribution is 2.46. The molecule has 0 radical (unpaired) electrons. The predicted molar refractivity (Wildman–Crippen MR) is 84.7 cm³/mol. The van der Waals surface area contributed by atoms with Gasteiger partial charge in [-0.1, -0.05) is 31.0 Å². The first-order chi connectivity index (χ1) is 10.3. The summed E-state index contributed by atoms with van der Waals surface area (Å²) in [7, 11) is 3.82. The number of ether oxygens (including phenoxy) is 2. The molecular formula is C18H27NO2. The van der Waals surface area contributed by atoms with Crippen LogP contribution < -0.4 is 10.1 Å². The Morgan fingerprint density at radius 2 is 2.05 bits per heavy atom. The van der Waals surface area contributed by atoms with E-state index in [1.54, 1.807) is 7.11 Å². The molecule has 1 saturated heterocycles. The minimum atomic E-state index is 0.167. The Morgan fingerprint density at radius 3 is 2.76 bits per heavy atom. The lowest BCUT2D eigenvalue weighted by atomic mass is 9.78. The number of hydrogen-bond acceptors (Lipinski definition) is 3. The van der Waals surface area contributed by atoms with Crippen molar-refractivity contribution in [3.05, 3.63) is 29.8 Å². The molecule has 1 spiro atoms. The zero-order valence-electron chi connectivity index (χ0n) is 13.2. The standard InChI is InChI=1S/C18H27NO2/c1-19-17(15-7-3-4-8-16(15)20-2)14-9-12-21-18(13-14)10-5-6-11-18/h3-4,7-8,14,17,19H,5-6,9-13H2,1-2H3. The van der Waals surface area contributed by atoms with E-state index in [0.29, 0.717) is 12.0 Å². The second-order valence-electron chi connectivity index (χ2n) is 6.50. The Kier molecular flexibility index (Phi) is 4.51. The van der Waals surface area contributed by atoms with Crippen LogP contribution in [0.5, 0.6) is 5.75 Å². The van der Waals surface area contributed by atoms with Gasteiger partial charge in [0, 0.05) is 18.2 Å². The van der Waals surface area contributed by atoms with Crippen LogP contribution in [0.4, 0.5) is 0 Å². The van der Waals surface area contributed by atoms with Crippen LogP contribution in [-0.2, 0) is 4.74 Å². The van der Waals surface area contributed by atoms with Crippen LogP contribution in [0, 0.1) is 5.92 Å². The molecule has 1 aromatic carbocycles. The molecule has 1 saturated carbocycles. The number of hydrogen-bond donors (Lipinski definition) is 1. The van der Waals surface area contributed by atoms with E-state index in [2.05, 4.69) is 30.6 Å². The van der Waals surface area contributed by atoms with Crippen LogP contribution in [0.2, 0.25) is 0 Å². The third-order valence-corrected chi connectivity index (χ3v) is 5.30. The molecule has 1 aliphatic heterocycles. The molecule has 2 unspecified atom stereocenters. The molecule has 2 atom stereocenters. The summed E-state index contributed by atoms with van der Waals surface area (Å²) in [6.45, 7) is 0.901.